The summed E-state index contributed by atoms with van der Waals surface area (Å²) in [6, 6.07) is 4.76. The molecular formula is C13H21N3O4S. The number of amides is 1. The zero-order valence-electron chi connectivity index (χ0n) is 12.6. The molecule has 0 radical (unpaired) electrons. The van der Waals surface area contributed by atoms with E-state index in [1.54, 1.807) is 26.0 Å². The van der Waals surface area contributed by atoms with Crippen molar-refractivity contribution in [2.45, 2.75) is 19.4 Å². The number of nitrogens with one attached hydrogen (secondary N) is 2. The van der Waals surface area contributed by atoms with Gasteiger partial charge in [0.1, 0.15) is 5.75 Å². The van der Waals surface area contributed by atoms with Crippen LogP contribution in [0.4, 0.5) is 5.69 Å². The SMILES string of the molecule is COc1ccc(N)c(C(=O)NCC(C)(C)NS(C)(=O)=O)c1. The summed E-state index contributed by atoms with van der Waals surface area (Å²) in [5, 5.41) is 2.65. The van der Waals surface area contributed by atoms with E-state index < -0.39 is 21.5 Å². The predicted molar refractivity (Wildman–Crippen MR) is 81.8 cm³/mol. The van der Waals surface area contributed by atoms with Gasteiger partial charge in [0, 0.05) is 17.8 Å². The van der Waals surface area contributed by atoms with Crippen molar-refractivity contribution in [1.29, 1.82) is 0 Å². The number of rotatable bonds is 6. The molecule has 0 heterocycles. The van der Waals surface area contributed by atoms with Gasteiger partial charge in [-0.05, 0) is 32.0 Å². The summed E-state index contributed by atoms with van der Waals surface area (Å²) in [5.41, 5.74) is 5.55. The molecule has 0 spiro atoms. The highest BCUT2D eigenvalue weighted by Crippen LogP contribution is 2.19. The lowest BCUT2D eigenvalue weighted by atomic mass is 10.1. The van der Waals surface area contributed by atoms with Crippen molar-refractivity contribution in [2.24, 2.45) is 0 Å². The molecule has 0 aliphatic heterocycles. The first-order valence-corrected chi connectivity index (χ1v) is 8.14. The second-order valence-corrected chi connectivity index (χ2v) is 7.14. The van der Waals surface area contributed by atoms with Gasteiger partial charge in [-0.15, -0.1) is 0 Å². The molecule has 1 rings (SSSR count). The van der Waals surface area contributed by atoms with Crippen LogP contribution in [0.2, 0.25) is 0 Å². The van der Waals surface area contributed by atoms with Crippen LogP contribution in [0.15, 0.2) is 18.2 Å². The molecule has 0 aromatic heterocycles. The Morgan fingerprint density at radius 3 is 2.52 bits per heavy atom. The standard InChI is InChI=1S/C13H21N3O4S/c1-13(2,16-21(4,18)19)8-15-12(17)10-7-9(20-3)5-6-11(10)14/h5-7,16H,8,14H2,1-4H3,(H,15,17). The van der Waals surface area contributed by atoms with E-state index in [0.29, 0.717) is 11.4 Å². The Labute approximate surface area is 124 Å². The number of methoxy groups -OCH3 is 1. The average Bonchev–Trinajstić information content (AvgIpc) is 2.34. The second-order valence-electron chi connectivity index (χ2n) is 5.39. The summed E-state index contributed by atoms with van der Waals surface area (Å²) in [5.74, 6) is 0.123. The highest BCUT2D eigenvalue weighted by Gasteiger charge is 2.23. The molecule has 7 nitrogen and oxygen atoms in total. The van der Waals surface area contributed by atoms with Crippen molar-refractivity contribution >= 4 is 21.6 Å². The van der Waals surface area contributed by atoms with Crippen LogP contribution in [0.3, 0.4) is 0 Å². The Morgan fingerprint density at radius 2 is 2.00 bits per heavy atom. The molecule has 0 saturated carbocycles. The predicted octanol–water partition coefficient (Wildman–Crippen LogP) is 0.335. The lowest BCUT2D eigenvalue weighted by molar-refractivity contribution is 0.0945. The first-order valence-electron chi connectivity index (χ1n) is 6.25. The van der Waals surface area contributed by atoms with Crippen LogP contribution in [0.5, 0.6) is 5.75 Å². The first-order chi connectivity index (χ1) is 9.54. The third-order valence-electron chi connectivity index (χ3n) is 2.66. The number of benzene rings is 1. The fourth-order valence-electron chi connectivity index (χ4n) is 1.79. The Bertz CT molecular complexity index is 626. The van der Waals surface area contributed by atoms with E-state index in [4.69, 9.17) is 10.5 Å². The van der Waals surface area contributed by atoms with E-state index in [1.165, 1.54) is 13.2 Å². The van der Waals surface area contributed by atoms with Gasteiger partial charge < -0.3 is 15.8 Å². The van der Waals surface area contributed by atoms with Gasteiger partial charge in [-0.1, -0.05) is 0 Å². The maximum atomic E-state index is 12.1. The summed E-state index contributed by atoms with van der Waals surface area (Å²) in [7, 11) is -1.87. The van der Waals surface area contributed by atoms with Gasteiger partial charge in [0.15, 0.2) is 0 Å². The summed E-state index contributed by atoms with van der Waals surface area (Å²) >= 11 is 0. The fraction of sp³-hybridized carbons (Fsp3) is 0.462. The number of nitrogen functional groups attached to an aromatic ring is 1. The molecule has 0 fully saturated rings. The number of hydrogen-bond donors (Lipinski definition) is 3. The van der Waals surface area contributed by atoms with E-state index in [-0.39, 0.29) is 12.1 Å². The lowest BCUT2D eigenvalue weighted by Crippen LogP contribution is -2.51. The highest BCUT2D eigenvalue weighted by atomic mass is 32.2. The van der Waals surface area contributed by atoms with Gasteiger partial charge in [-0.25, -0.2) is 13.1 Å². The third-order valence-corrected chi connectivity index (χ3v) is 3.58. The lowest BCUT2D eigenvalue weighted by Gasteiger charge is -2.25. The van der Waals surface area contributed by atoms with Gasteiger partial charge in [-0.3, -0.25) is 4.79 Å². The van der Waals surface area contributed by atoms with Crippen LogP contribution >= 0.6 is 0 Å². The summed E-state index contributed by atoms with van der Waals surface area (Å²) in [6.07, 6.45) is 1.07. The van der Waals surface area contributed by atoms with Gasteiger partial charge in [0.25, 0.3) is 5.91 Å². The molecule has 4 N–H and O–H groups in total. The Balaban J connectivity index is 2.78. The molecule has 8 heteroatoms. The molecule has 0 unspecified atom stereocenters. The average molecular weight is 315 g/mol. The van der Waals surface area contributed by atoms with Crippen LogP contribution in [-0.2, 0) is 10.0 Å². The molecular weight excluding hydrogens is 294 g/mol. The molecule has 118 valence electrons. The summed E-state index contributed by atoms with van der Waals surface area (Å²) in [4.78, 5) is 12.1. The van der Waals surface area contributed by atoms with Crippen molar-refractivity contribution in [1.82, 2.24) is 10.0 Å². The normalized spacial score (nSPS) is 12.0. The number of nitrogens with two attached hydrogens (primary N) is 1. The largest absolute Gasteiger partial charge is 0.497 e. The fourth-order valence-corrected chi connectivity index (χ4v) is 2.87. The summed E-state index contributed by atoms with van der Waals surface area (Å²) in [6.45, 7) is 3.46. The minimum absolute atomic E-state index is 0.121. The molecule has 1 amide bonds. The topological polar surface area (TPSA) is 111 Å². The number of ether oxygens (including phenoxy) is 1. The van der Waals surface area contributed by atoms with Crippen LogP contribution in [0, 0.1) is 0 Å². The zero-order valence-corrected chi connectivity index (χ0v) is 13.4. The first kappa shape index (κ1) is 17.3. The molecule has 1 aromatic carbocycles. The van der Waals surface area contributed by atoms with Crippen molar-refractivity contribution in [3.8, 4) is 5.75 Å². The number of carbonyl (C=O) groups excluding carboxylic acids is 1. The number of sulfonamides is 1. The molecule has 21 heavy (non-hydrogen) atoms. The molecule has 0 atom stereocenters. The Hall–Kier alpha value is -1.80. The van der Waals surface area contributed by atoms with Crippen LogP contribution in [-0.4, -0.2) is 39.8 Å². The quantitative estimate of drug-likeness (QED) is 0.655. The van der Waals surface area contributed by atoms with Crippen LogP contribution in [0.1, 0.15) is 24.2 Å². The molecule has 1 aromatic rings. The van der Waals surface area contributed by atoms with E-state index in [9.17, 15) is 13.2 Å². The molecule has 0 saturated heterocycles. The van der Waals surface area contributed by atoms with Gasteiger partial charge in [-0.2, -0.15) is 0 Å². The highest BCUT2D eigenvalue weighted by molar-refractivity contribution is 7.88. The smallest absolute Gasteiger partial charge is 0.253 e. The van der Waals surface area contributed by atoms with Crippen molar-refractivity contribution < 1.29 is 17.9 Å². The number of carbonyl (C=O) groups is 1. The Morgan fingerprint density at radius 1 is 1.38 bits per heavy atom. The molecule has 0 bridgehead atoms. The minimum atomic E-state index is -3.36. The minimum Gasteiger partial charge on any atom is -0.497 e. The van der Waals surface area contributed by atoms with Crippen LogP contribution < -0.4 is 20.5 Å². The van der Waals surface area contributed by atoms with Gasteiger partial charge in [0.2, 0.25) is 10.0 Å². The van der Waals surface area contributed by atoms with Crippen LogP contribution in [0.25, 0.3) is 0 Å². The molecule has 0 aliphatic rings. The Kier molecular flexibility index (Phi) is 5.19. The van der Waals surface area contributed by atoms with E-state index in [1.807, 2.05) is 0 Å². The van der Waals surface area contributed by atoms with E-state index >= 15 is 0 Å². The monoisotopic (exact) mass is 315 g/mol. The van der Waals surface area contributed by atoms with Crippen molar-refractivity contribution in [2.75, 3.05) is 25.6 Å². The maximum absolute atomic E-state index is 12.1. The zero-order chi connectivity index (χ0) is 16.3. The van der Waals surface area contributed by atoms with Crippen molar-refractivity contribution in [3.05, 3.63) is 23.8 Å². The number of hydrogen-bond acceptors (Lipinski definition) is 5. The summed E-state index contributed by atoms with van der Waals surface area (Å²) < 4.78 is 30.0. The van der Waals surface area contributed by atoms with Gasteiger partial charge in [0.05, 0.1) is 18.9 Å². The molecule has 0 aliphatic carbocycles. The second kappa shape index (κ2) is 6.31. The third kappa shape index (κ3) is 5.60. The van der Waals surface area contributed by atoms with Crippen molar-refractivity contribution in [3.63, 3.8) is 0 Å². The number of anilines is 1. The van der Waals surface area contributed by atoms with E-state index in [0.717, 1.165) is 6.26 Å². The maximum Gasteiger partial charge on any atom is 0.253 e. The van der Waals surface area contributed by atoms with E-state index in [2.05, 4.69) is 10.0 Å². The van der Waals surface area contributed by atoms with Gasteiger partial charge >= 0.3 is 0 Å².